The summed E-state index contributed by atoms with van der Waals surface area (Å²) >= 11 is 0. The van der Waals surface area contributed by atoms with E-state index >= 15 is 0 Å². The highest BCUT2D eigenvalue weighted by Gasteiger charge is 2.28. The molecule has 9 heteroatoms. The molecule has 33 heavy (non-hydrogen) atoms. The first-order chi connectivity index (χ1) is 15.8. The van der Waals surface area contributed by atoms with Gasteiger partial charge in [-0.1, -0.05) is 17.7 Å². The van der Waals surface area contributed by atoms with E-state index in [0.717, 1.165) is 31.4 Å². The highest BCUT2D eigenvalue weighted by Crippen LogP contribution is 2.29. The van der Waals surface area contributed by atoms with Crippen molar-refractivity contribution in [2.75, 3.05) is 24.5 Å². The summed E-state index contributed by atoms with van der Waals surface area (Å²) in [5.41, 5.74) is 3.99. The SMILES string of the molecule is Cc1ccc2c(c1)CCCN2C(=O)CCn1c(=O)oc2cc(S(=O)(=O)N3CCCC3)ccc21. The van der Waals surface area contributed by atoms with Gasteiger partial charge in [0.15, 0.2) is 5.58 Å². The number of rotatable bonds is 5. The lowest BCUT2D eigenvalue weighted by Crippen LogP contribution is -2.36. The number of hydrogen-bond acceptors (Lipinski definition) is 5. The van der Waals surface area contributed by atoms with Crippen molar-refractivity contribution in [3.8, 4) is 0 Å². The minimum absolute atomic E-state index is 0.0470. The Kier molecular flexibility index (Phi) is 5.62. The maximum Gasteiger partial charge on any atom is 0.419 e. The van der Waals surface area contributed by atoms with Gasteiger partial charge in [-0.15, -0.1) is 0 Å². The Bertz CT molecular complexity index is 1380. The first-order valence-electron chi connectivity index (χ1n) is 11.4. The number of aryl methyl sites for hydroxylation is 3. The van der Waals surface area contributed by atoms with Crippen LogP contribution in [-0.2, 0) is 27.8 Å². The average Bonchev–Trinajstić information content (AvgIpc) is 3.44. The van der Waals surface area contributed by atoms with Gasteiger partial charge in [-0.25, -0.2) is 13.2 Å². The molecule has 0 N–H and O–H groups in total. The zero-order valence-corrected chi connectivity index (χ0v) is 19.4. The van der Waals surface area contributed by atoms with Gasteiger partial charge in [0.2, 0.25) is 15.9 Å². The Balaban J connectivity index is 1.36. The predicted octanol–water partition coefficient (Wildman–Crippen LogP) is 3.06. The number of nitrogens with zero attached hydrogens (tertiary/aromatic N) is 3. The molecule has 2 aromatic carbocycles. The van der Waals surface area contributed by atoms with E-state index < -0.39 is 15.8 Å². The second kappa shape index (κ2) is 8.46. The molecule has 0 bridgehead atoms. The molecule has 0 aliphatic carbocycles. The van der Waals surface area contributed by atoms with Gasteiger partial charge >= 0.3 is 5.76 Å². The van der Waals surface area contributed by atoms with Crippen LogP contribution in [0.15, 0.2) is 50.5 Å². The summed E-state index contributed by atoms with van der Waals surface area (Å²) in [5, 5.41) is 0. The van der Waals surface area contributed by atoms with Crippen molar-refractivity contribution in [1.29, 1.82) is 0 Å². The lowest BCUT2D eigenvalue weighted by atomic mass is 9.99. The number of anilines is 1. The third-order valence-corrected chi connectivity index (χ3v) is 8.44. The molecule has 0 unspecified atom stereocenters. The van der Waals surface area contributed by atoms with Crippen LogP contribution in [0.4, 0.5) is 5.69 Å². The molecule has 0 spiro atoms. The van der Waals surface area contributed by atoms with E-state index in [4.69, 9.17) is 4.42 Å². The number of oxazole rings is 1. The van der Waals surface area contributed by atoms with Crippen molar-refractivity contribution in [1.82, 2.24) is 8.87 Å². The van der Waals surface area contributed by atoms with Gasteiger partial charge in [0.05, 0.1) is 10.4 Å². The van der Waals surface area contributed by atoms with Crippen molar-refractivity contribution in [3.63, 3.8) is 0 Å². The normalized spacial score (nSPS) is 16.9. The van der Waals surface area contributed by atoms with E-state index in [0.29, 0.717) is 25.2 Å². The highest BCUT2D eigenvalue weighted by molar-refractivity contribution is 7.89. The monoisotopic (exact) mass is 469 g/mol. The van der Waals surface area contributed by atoms with Gasteiger partial charge in [-0.2, -0.15) is 4.31 Å². The number of amides is 1. The van der Waals surface area contributed by atoms with Crippen LogP contribution in [0.1, 0.15) is 36.8 Å². The smallest absolute Gasteiger partial charge is 0.408 e. The molecular formula is C24H27N3O5S. The summed E-state index contributed by atoms with van der Waals surface area (Å²) in [6.45, 7) is 3.88. The molecule has 2 aliphatic heterocycles. The highest BCUT2D eigenvalue weighted by atomic mass is 32.2. The molecule has 0 atom stereocenters. The minimum Gasteiger partial charge on any atom is -0.408 e. The van der Waals surface area contributed by atoms with Crippen molar-refractivity contribution in [2.24, 2.45) is 0 Å². The van der Waals surface area contributed by atoms with Crippen LogP contribution in [0.2, 0.25) is 0 Å². The van der Waals surface area contributed by atoms with Crippen LogP contribution in [0.3, 0.4) is 0 Å². The minimum atomic E-state index is -3.60. The Morgan fingerprint density at radius 2 is 1.82 bits per heavy atom. The number of benzene rings is 2. The van der Waals surface area contributed by atoms with Crippen LogP contribution < -0.4 is 10.7 Å². The maximum absolute atomic E-state index is 13.0. The summed E-state index contributed by atoms with van der Waals surface area (Å²) in [6, 6.07) is 10.6. The van der Waals surface area contributed by atoms with E-state index in [9.17, 15) is 18.0 Å². The second-order valence-corrected chi connectivity index (χ2v) is 10.7. The zero-order valence-electron chi connectivity index (χ0n) is 18.6. The van der Waals surface area contributed by atoms with Gasteiger partial charge < -0.3 is 9.32 Å². The quantitative estimate of drug-likeness (QED) is 0.573. The number of fused-ring (bicyclic) bond motifs is 2. The van der Waals surface area contributed by atoms with Crippen molar-refractivity contribution < 1.29 is 17.6 Å². The number of aromatic nitrogens is 1. The van der Waals surface area contributed by atoms with Gasteiger partial charge in [0.25, 0.3) is 0 Å². The molecule has 8 nitrogen and oxygen atoms in total. The molecule has 3 heterocycles. The standard InChI is InChI=1S/C24H27N3O5S/c1-17-6-8-20-18(15-17)5-4-13-26(20)23(28)10-14-27-21-9-7-19(16-22(21)32-24(27)29)33(30,31)25-11-2-3-12-25/h6-9,15-16H,2-5,10-14H2,1H3. The fourth-order valence-electron chi connectivity index (χ4n) is 4.82. The van der Waals surface area contributed by atoms with Crippen LogP contribution in [0.25, 0.3) is 11.1 Å². The Labute approximate surface area is 192 Å². The van der Waals surface area contributed by atoms with Gasteiger partial charge in [-0.3, -0.25) is 9.36 Å². The summed E-state index contributed by atoms with van der Waals surface area (Å²) in [7, 11) is -3.60. The van der Waals surface area contributed by atoms with Crippen LogP contribution in [0.5, 0.6) is 0 Å². The molecule has 3 aromatic rings. The molecule has 1 aromatic heterocycles. The van der Waals surface area contributed by atoms with Gasteiger partial charge in [0.1, 0.15) is 0 Å². The molecule has 2 aliphatic rings. The van der Waals surface area contributed by atoms with Gasteiger partial charge in [-0.05, 0) is 56.4 Å². The molecule has 0 saturated carbocycles. The Morgan fingerprint density at radius 3 is 2.61 bits per heavy atom. The number of carbonyl (C=O) groups excluding carboxylic acids is 1. The Hall–Kier alpha value is -2.91. The first kappa shape index (κ1) is 21.9. The second-order valence-electron chi connectivity index (χ2n) is 8.79. The van der Waals surface area contributed by atoms with E-state index in [-0.39, 0.29) is 29.4 Å². The fourth-order valence-corrected chi connectivity index (χ4v) is 6.36. The summed E-state index contributed by atoms with van der Waals surface area (Å²) in [6.07, 6.45) is 3.71. The van der Waals surface area contributed by atoms with Crippen LogP contribution >= 0.6 is 0 Å². The van der Waals surface area contributed by atoms with Crippen LogP contribution in [0, 0.1) is 6.92 Å². The Morgan fingerprint density at radius 1 is 1.03 bits per heavy atom. The number of carbonyl (C=O) groups is 1. The van der Waals surface area contributed by atoms with Crippen molar-refractivity contribution >= 4 is 32.7 Å². The first-order valence-corrected chi connectivity index (χ1v) is 12.8. The van der Waals surface area contributed by atoms with E-state index in [1.54, 1.807) is 11.0 Å². The molecule has 1 saturated heterocycles. The van der Waals surface area contributed by atoms with Crippen LogP contribution in [-0.4, -0.2) is 42.8 Å². The zero-order chi connectivity index (χ0) is 23.2. The predicted molar refractivity (Wildman–Crippen MR) is 125 cm³/mol. The molecule has 0 radical (unpaired) electrons. The fraction of sp³-hybridized carbons (Fsp3) is 0.417. The topological polar surface area (TPSA) is 92.8 Å². The molecule has 174 valence electrons. The third kappa shape index (κ3) is 4.00. The number of sulfonamides is 1. The van der Waals surface area contributed by atoms with Crippen molar-refractivity contribution in [3.05, 3.63) is 58.1 Å². The summed E-state index contributed by atoms with van der Waals surface area (Å²) in [5.74, 6) is -0.641. The number of hydrogen-bond donors (Lipinski definition) is 0. The van der Waals surface area contributed by atoms with E-state index in [2.05, 4.69) is 6.07 Å². The lowest BCUT2D eigenvalue weighted by Gasteiger charge is -2.30. The van der Waals surface area contributed by atoms with E-state index in [1.807, 2.05) is 19.1 Å². The van der Waals surface area contributed by atoms with Crippen molar-refractivity contribution in [2.45, 2.75) is 50.5 Å². The van der Waals surface area contributed by atoms with E-state index in [1.165, 1.54) is 32.1 Å². The summed E-state index contributed by atoms with van der Waals surface area (Å²) < 4.78 is 33.9. The molecule has 5 rings (SSSR count). The maximum atomic E-state index is 13.0. The third-order valence-electron chi connectivity index (χ3n) is 6.55. The molecule has 1 fully saturated rings. The van der Waals surface area contributed by atoms with Gasteiger partial charge in [0, 0.05) is 44.4 Å². The lowest BCUT2D eigenvalue weighted by molar-refractivity contribution is -0.118. The summed E-state index contributed by atoms with van der Waals surface area (Å²) in [4.78, 5) is 27.4. The average molecular weight is 470 g/mol. The largest absolute Gasteiger partial charge is 0.419 e. The molecular weight excluding hydrogens is 442 g/mol. The molecule has 1 amide bonds.